The van der Waals surface area contributed by atoms with E-state index in [0.717, 1.165) is 5.69 Å². The van der Waals surface area contributed by atoms with Crippen LogP contribution in [0, 0.1) is 0 Å². The van der Waals surface area contributed by atoms with Crippen LogP contribution in [0.3, 0.4) is 0 Å². The molecule has 0 atom stereocenters. The van der Waals surface area contributed by atoms with E-state index in [-0.39, 0.29) is 27.6 Å². The maximum atomic E-state index is 13.6. The van der Waals surface area contributed by atoms with Gasteiger partial charge in [0.1, 0.15) is 0 Å². The predicted molar refractivity (Wildman–Crippen MR) is 142 cm³/mol. The summed E-state index contributed by atoms with van der Waals surface area (Å²) in [6.07, 6.45) is 0. The van der Waals surface area contributed by atoms with Gasteiger partial charge >= 0.3 is 5.97 Å². The molecule has 10 heteroatoms. The third kappa shape index (κ3) is 4.72. The molecule has 2 N–H and O–H groups in total. The number of carboxylic acid groups (broad SMARTS) is 1. The number of carboxylic acids is 1. The van der Waals surface area contributed by atoms with Crippen LogP contribution in [-0.2, 0) is 15.8 Å². The molecule has 0 aliphatic carbocycles. The molecule has 5 rings (SSSR count). The zero-order valence-electron chi connectivity index (χ0n) is 19.8. The van der Waals surface area contributed by atoms with Crippen molar-refractivity contribution in [3.8, 4) is 11.4 Å². The lowest BCUT2D eigenvalue weighted by Gasteiger charge is -2.13. The molecular weight excluding hydrogens is 506 g/mol. The SMILES string of the molecule is O=C(NS(=O)(=O)Cc1ccccc1C(=O)O)c1ccc2c(c1)c(=O)n(-c1ccccc1)n2-c1ccccc1. The lowest BCUT2D eigenvalue weighted by Crippen LogP contribution is -2.32. The molecule has 0 radical (unpaired) electrons. The van der Waals surface area contributed by atoms with Crippen molar-refractivity contribution in [2.45, 2.75) is 5.75 Å². The van der Waals surface area contributed by atoms with Crippen LogP contribution in [0.1, 0.15) is 26.3 Å². The van der Waals surface area contributed by atoms with Crippen molar-refractivity contribution in [2.24, 2.45) is 0 Å². The first-order chi connectivity index (χ1) is 18.2. The Hall–Kier alpha value is -4.96. The molecule has 0 aliphatic heterocycles. The Morgan fingerprint density at radius 3 is 1.97 bits per heavy atom. The number of rotatable bonds is 7. The Bertz CT molecular complexity index is 1840. The lowest BCUT2D eigenvalue weighted by molar-refractivity contribution is 0.0695. The second kappa shape index (κ2) is 9.83. The largest absolute Gasteiger partial charge is 0.478 e. The number of fused-ring (bicyclic) bond motifs is 1. The third-order valence-corrected chi connectivity index (χ3v) is 7.14. The van der Waals surface area contributed by atoms with Crippen molar-refractivity contribution in [2.75, 3.05) is 0 Å². The van der Waals surface area contributed by atoms with Crippen molar-refractivity contribution in [3.63, 3.8) is 0 Å². The zero-order chi connectivity index (χ0) is 26.9. The quantitative estimate of drug-likeness (QED) is 0.332. The van der Waals surface area contributed by atoms with Crippen LogP contribution >= 0.6 is 0 Å². The van der Waals surface area contributed by atoms with E-state index in [1.54, 1.807) is 35.0 Å². The van der Waals surface area contributed by atoms with E-state index in [0.29, 0.717) is 11.2 Å². The highest BCUT2D eigenvalue weighted by atomic mass is 32.2. The summed E-state index contributed by atoms with van der Waals surface area (Å²) in [6.45, 7) is 0. The number of carbonyl (C=O) groups is 2. The van der Waals surface area contributed by atoms with Crippen LogP contribution in [0.15, 0.2) is 108 Å². The van der Waals surface area contributed by atoms with Gasteiger partial charge in [0, 0.05) is 5.56 Å². The summed E-state index contributed by atoms with van der Waals surface area (Å²) in [6, 6.07) is 28.3. The molecule has 0 fully saturated rings. The Labute approximate surface area is 217 Å². The summed E-state index contributed by atoms with van der Waals surface area (Å²) < 4.78 is 30.6. The molecule has 0 bridgehead atoms. The van der Waals surface area contributed by atoms with Gasteiger partial charge in [0.2, 0.25) is 10.0 Å². The van der Waals surface area contributed by atoms with Crippen molar-refractivity contribution < 1.29 is 23.1 Å². The van der Waals surface area contributed by atoms with Gasteiger partial charge in [-0.05, 0) is 54.1 Å². The highest BCUT2D eigenvalue weighted by Crippen LogP contribution is 2.22. The van der Waals surface area contributed by atoms with E-state index in [9.17, 15) is 27.9 Å². The number of nitrogens with one attached hydrogen (secondary N) is 1. The van der Waals surface area contributed by atoms with Crippen molar-refractivity contribution in [1.82, 2.24) is 14.1 Å². The van der Waals surface area contributed by atoms with Crippen LogP contribution in [0.2, 0.25) is 0 Å². The monoisotopic (exact) mass is 527 g/mol. The summed E-state index contributed by atoms with van der Waals surface area (Å²) in [5, 5.41) is 9.54. The molecular formula is C28H21N3O6S. The van der Waals surface area contributed by atoms with Gasteiger partial charge in [0.15, 0.2) is 0 Å². The number of aromatic nitrogens is 2. The maximum Gasteiger partial charge on any atom is 0.335 e. The number of benzene rings is 4. The van der Waals surface area contributed by atoms with Gasteiger partial charge in [0.05, 0.1) is 33.6 Å². The summed E-state index contributed by atoms with van der Waals surface area (Å²) in [5.41, 5.74) is 1.32. The maximum absolute atomic E-state index is 13.6. The summed E-state index contributed by atoms with van der Waals surface area (Å²) in [7, 11) is -4.24. The second-order valence-corrected chi connectivity index (χ2v) is 10.2. The molecule has 1 amide bonds. The number of amides is 1. The minimum atomic E-state index is -4.24. The minimum absolute atomic E-state index is 0.0323. The average Bonchev–Trinajstić information content (AvgIpc) is 3.21. The van der Waals surface area contributed by atoms with E-state index < -0.39 is 27.7 Å². The third-order valence-electron chi connectivity index (χ3n) is 5.95. The summed E-state index contributed by atoms with van der Waals surface area (Å²) in [5.74, 6) is -2.91. The highest BCUT2D eigenvalue weighted by molar-refractivity contribution is 7.89. The molecule has 0 aliphatic rings. The van der Waals surface area contributed by atoms with Crippen molar-refractivity contribution >= 4 is 32.8 Å². The van der Waals surface area contributed by atoms with Gasteiger partial charge in [-0.1, -0.05) is 54.6 Å². The Morgan fingerprint density at radius 1 is 0.763 bits per heavy atom. The zero-order valence-corrected chi connectivity index (χ0v) is 20.6. The first-order valence-electron chi connectivity index (χ1n) is 11.5. The first-order valence-corrected chi connectivity index (χ1v) is 13.1. The van der Waals surface area contributed by atoms with Gasteiger partial charge in [-0.3, -0.25) is 9.59 Å². The number of hydrogen-bond acceptors (Lipinski definition) is 5. The Kier molecular flexibility index (Phi) is 6.39. The number of carbonyl (C=O) groups excluding carboxylic acids is 1. The molecule has 9 nitrogen and oxygen atoms in total. The molecule has 0 saturated carbocycles. The van der Waals surface area contributed by atoms with E-state index in [2.05, 4.69) is 0 Å². The average molecular weight is 528 g/mol. The minimum Gasteiger partial charge on any atom is -0.478 e. The molecule has 5 aromatic rings. The molecule has 0 unspecified atom stereocenters. The Morgan fingerprint density at radius 2 is 1.34 bits per heavy atom. The second-order valence-electron chi connectivity index (χ2n) is 8.48. The molecule has 1 aromatic heterocycles. The smallest absolute Gasteiger partial charge is 0.335 e. The fourth-order valence-corrected chi connectivity index (χ4v) is 5.40. The van der Waals surface area contributed by atoms with Gasteiger partial charge in [-0.15, -0.1) is 0 Å². The van der Waals surface area contributed by atoms with E-state index >= 15 is 0 Å². The topological polar surface area (TPSA) is 127 Å². The van der Waals surface area contributed by atoms with Crippen LogP contribution < -0.4 is 10.3 Å². The normalized spacial score (nSPS) is 11.4. The van der Waals surface area contributed by atoms with Crippen LogP contribution in [0.25, 0.3) is 22.3 Å². The number of nitrogens with zero attached hydrogens (tertiary/aromatic N) is 2. The lowest BCUT2D eigenvalue weighted by atomic mass is 10.1. The molecule has 38 heavy (non-hydrogen) atoms. The molecule has 190 valence electrons. The van der Waals surface area contributed by atoms with Gasteiger partial charge < -0.3 is 5.11 Å². The number of para-hydroxylation sites is 2. The summed E-state index contributed by atoms with van der Waals surface area (Å²) >= 11 is 0. The van der Waals surface area contributed by atoms with E-state index in [1.807, 2.05) is 41.1 Å². The predicted octanol–water partition coefficient (Wildman–Crippen LogP) is 3.74. The van der Waals surface area contributed by atoms with Crippen LogP contribution in [0.5, 0.6) is 0 Å². The fraction of sp³-hybridized carbons (Fsp3) is 0.0357. The van der Waals surface area contributed by atoms with Crippen LogP contribution in [0.4, 0.5) is 0 Å². The first kappa shape index (κ1) is 24.7. The Balaban J connectivity index is 1.54. The van der Waals surface area contributed by atoms with Crippen LogP contribution in [-0.4, -0.2) is 34.8 Å². The van der Waals surface area contributed by atoms with E-state index in [1.165, 1.54) is 41.1 Å². The number of hydrogen-bond donors (Lipinski definition) is 2. The molecule has 0 saturated heterocycles. The van der Waals surface area contributed by atoms with E-state index in [4.69, 9.17) is 0 Å². The van der Waals surface area contributed by atoms with Crippen molar-refractivity contribution in [1.29, 1.82) is 0 Å². The number of sulfonamides is 1. The standard InChI is InChI=1S/C28H21N3O6S/c32-26(29-38(36,37)18-20-9-7-8-14-23(20)28(34)35)19-15-16-25-24(17-19)27(33)31(22-12-5-2-6-13-22)30(25)21-10-3-1-4-11-21/h1-17H,18H2,(H,29,32)(H,34,35). The number of aromatic carboxylic acids is 1. The molecule has 1 heterocycles. The molecule has 0 spiro atoms. The van der Waals surface area contributed by atoms with Gasteiger partial charge in [-0.2, -0.15) is 0 Å². The highest BCUT2D eigenvalue weighted by Gasteiger charge is 2.22. The summed E-state index contributed by atoms with van der Waals surface area (Å²) in [4.78, 5) is 37.9. The molecule has 4 aromatic carbocycles. The fourth-order valence-electron chi connectivity index (χ4n) is 4.27. The van der Waals surface area contributed by atoms with Gasteiger partial charge in [-0.25, -0.2) is 27.3 Å². The van der Waals surface area contributed by atoms with Crippen molar-refractivity contribution in [3.05, 3.63) is 130 Å². The van der Waals surface area contributed by atoms with Gasteiger partial charge in [0.25, 0.3) is 11.5 Å².